The molecule has 4 N–H and O–H groups in total. The molecule has 112 valence electrons. The highest BCUT2D eigenvalue weighted by Gasteiger charge is 2.07. The van der Waals surface area contributed by atoms with Gasteiger partial charge in [0.15, 0.2) is 0 Å². The number of benzene rings is 2. The van der Waals surface area contributed by atoms with Gasteiger partial charge >= 0.3 is 5.97 Å². The van der Waals surface area contributed by atoms with Crippen LogP contribution < -0.4 is 11.2 Å². The molecule has 2 rings (SSSR count). The van der Waals surface area contributed by atoms with Gasteiger partial charge in [-0.3, -0.25) is 4.79 Å². The molecular weight excluding hydrogens is 282 g/mol. The molecule has 1 amide bonds. The minimum atomic E-state index is -1.05. The fourth-order valence-electron chi connectivity index (χ4n) is 1.84. The molecule has 0 aliphatic carbocycles. The smallest absolute Gasteiger partial charge is 0.336 e. The van der Waals surface area contributed by atoms with Crippen molar-refractivity contribution < 1.29 is 14.7 Å². The van der Waals surface area contributed by atoms with Gasteiger partial charge in [0.05, 0.1) is 18.2 Å². The summed E-state index contributed by atoms with van der Waals surface area (Å²) in [5, 5.41) is 12.8. The second-order valence-electron chi connectivity index (χ2n) is 4.60. The number of anilines is 1. The van der Waals surface area contributed by atoms with E-state index in [1.807, 2.05) is 0 Å². The monoisotopic (exact) mass is 297 g/mol. The molecule has 0 aliphatic rings. The van der Waals surface area contributed by atoms with E-state index in [1.165, 1.54) is 12.3 Å². The molecule has 0 atom stereocenters. The van der Waals surface area contributed by atoms with E-state index in [-0.39, 0.29) is 17.9 Å². The molecule has 2 aromatic carbocycles. The molecule has 0 saturated carbocycles. The third-order valence-corrected chi connectivity index (χ3v) is 2.93. The van der Waals surface area contributed by atoms with Crippen molar-refractivity contribution in [1.82, 2.24) is 5.43 Å². The van der Waals surface area contributed by atoms with Crippen LogP contribution in [-0.4, -0.2) is 23.2 Å². The maximum atomic E-state index is 11.7. The molecule has 6 nitrogen and oxygen atoms in total. The first kappa shape index (κ1) is 15.2. The molecule has 0 heterocycles. The first-order valence-electron chi connectivity index (χ1n) is 6.55. The van der Waals surface area contributed by atoms with Crippen LogP contribution in [0.5, 0.6) is 0 Å². The summed E-state index contributed by atoms with van der Waals surface area (Å²) in [6.45, 7) is 0. The van der Waals surface area contributed by atoms with Gasteiger partial charge in [0.1, 0.15) is 0 Å². The molecule has 0 aliphatic heterocycles. The van der Waals surface area contributed by atoms with E-state index in [1.54, 1.807) is 42.5 Å². The predicted octanol–water partition coefficient (Wildman–Crippen LogP) is 1.66. The van der Waals surface area contributed by atoms with Gasteiger partial charge in [0.25, 0.3) is 0 Å². The highest BCUT2D eigenvalue weighted by Crippen LogP contribution is 2.07. The summed E-state index contributed by atoms with van der Waals surface area (Å²) in [6.07, 6.45) is 1.47. The maximum Gasteiger partial charge on any atom is 0.336 e. The Morgan fingerprint density at radius 1 is 1.14 bits per heavy atom. The number of nitrogen functional groups attached to an aromatic ring is 1. The Bertz CT molecular complexity index is 709. The zero-order valence-electron chi connectivity index (χ0n) is 11.7. The second kappa shape index (κ2) is 7.03. The lowest BCUT2D eigenvalue weighted by molar-refractivity contribution is -0.120. The fraction of sp³-hybridized carbons (Fsp3) is 0.0625. The topological polar surface area (TPSA) is 105 Å². The molecule has 0 unspecified atom stereocenters. The molecule has 22 heavy (non-hydrogen) atoms. The van der Waals surface area contributed by atoms with Crippen LogP contribution in [0.4, 0.5) is 5.69 Å². The Hall–Kier alpha value is -3.15. The number of hydrogen-bond acceptors (Lipinski definition) is 4. The third-order valence-electron chi connectivity index (χ3n) is 2.93. The fourth-order valence-corrected chi connectivity index (χ4v) is 1.84. The van der Waals surface area contributed by atoms with E-state index >= 15 is 0 Å². The van der Waals surface area contributed by atoms with Gasteiger partial charge in [0.2, 0.25) is 5.91 Å². The minimum absolute atomic E-state index is 0.124. The Kier molecular flexibility index (Phi) is 4.87. The van der Waals surface area contributed by atoms with Crippen LogP contribution in [0.15, 0.2) is 53.6 Å². The Labute approximate surface area is 127 Å². The summed E-state index contributed by atoms with van der Waals surface area (Å²) in [6, 6.07) is 13.4. The maximum absolute atomic E-state index is 11.7. The van der Waals surface area contributed by atoms with Gasteiger partial charge in [-0.2, -0.15) is 5.10 Å². The number of nitrogens with zero attached hydrogens (tertiary/aromatic N) is 1. The lowest BCUT2D eigenvalue weighted by Crippen LogP contribution is -2.20. The number of carbonyl (C=O) groups is 2. The summed E-state index contributed by atoms with van der Waals surface area (Å²) >= 11 is 0. The first-order chi connectivity index (χ1) is 10.6. The molecule has 0 radical (unpaired) electrons. The van der Waals surface area contributed by atoms with Crippen LogP contribution in [-0.2, 0) is 11.2 Å². The van der Waals surface area contributed by atoms with Crippen molar-refractivity contribution in [2.75, 3.05) is 5.73 Å². The van der Waals surface area contributed by atoms with Crippen LogP contribution in [0.2, 0.25) is 0 Å². The Balaban J connectivity index is 1.96. The number of rotatable bonds is 5. The standard InChI is InChI=1S/C16H15N3O3/c17-13-7-5-11(6-8-13)9-15(20)19-18-10-12-3-1-2-4-14(12)16(21)22/h1-8,10H,9,17H2,(H,19,20)(H,21,22)/b18-10-. The molecule has 0 aromatic heterocycles. The van der Waals surface area contributed by atoms with Crippen molar-refractivity contribution in [3.63, 3.8) is 0 Å². The molecule has 6 heteroatoms. The lowest BCUT2D eigenvalue weighted by Gasteiger charge is -2.02. The third kappa shape index (κ3) is 4.17. The van der Waals surface area contributed by atoms with Crippen LogP contribution in [0.25, 0.3) is 0 Å². The summed E-state index contributed by atoms with van der Waals surface area (Å²) < 4.78 is 0. The Morgan fingerprint density at radius 3 is 2.50 bits per heavy atom. The normalized spacial score (nSPS) is 10.5. The van der Waals surface area contributed by atoms with Crippen molar-refractivity contribution in [2.24, 2.45) is 5.10 Å². The first-order valence-corrected chi connectivity index (χ1v) is 6.55. The van der Waals surface area contributed by atoms with Gasteiger partial charge < -0.3 is 10.8 Å². The van der Waals surface area contributed by atoms with Crippen LogP contribution >= 0.6 is 0 Å². The van der Waals surface area contributed by atoms with Crippen LogP contribution in [0, 0.1) is 0 Å². The van der Waals surface area contributed by atoms with Gasteiger partial charge in [-0.1, -0.05) is 30.3 Å². The van der Waals surface area contributed by atoms with E-state index in [0.717, 1.165) is 5.56 Å². The SMILES string of the molecule is Nc1ccc(CC(=O)N/N=C\c2ccccc2C(=O)O)cc1. The van der Waals surface area contributed by atoms with Crippen LogP contribution in [0.1, 0.15) is 21.5 Å². The number of amides is 1. The van der Waals surface area contributed by atoms with E-state index in [2.05, 4.69) is 10.5 Å². The quantitative estimate of drug-likeness (QED) is 0.443. The number of nitrogens with two attached hydrogens (primary N) is 1. The largest absolute Gasteiger partial charge is 0.478 e. The number of aromatic carboxylic acids is 1. The van der Waals surface area contributed by atoms with Crippen molar-refractivity contribution in [2.45, 2.75) is 6.42 Å². The molecule has 0 saturated heterocycles. The number of carboxylic acids is 1. The summed E-state index contributed by atoms with van der Waals surface area (Å²) in [5.74, 6) is -1.34. The number of carbonyl (C=O) groups excluding carboxylic acids is 1. The zero-order chi connectivity index (χ0) is 15.9. The van der Waals surface area contributed by atoms with E-state index in [0.29, 0.717) is 11.3 Å². The highest BCUT2D eigenvalue weighted by atomic mass is 16.4. The molecule has 2 aromatic rings. The molecule has 0 fully saturated rings. The van der Waals surface area contributed by atoms with Crippen LogP contribution in [0.3, 0.4) is 0 Å². The van der Waals surface area contributed by atoms with Gasteiger partial charge in [0, 0.05) is 11.3 Å². The predicted molar refractivity (Wildman–Crippen MR) is 83.7 cm³/mol. The van der Waals surface area contributed by atoms with E-state index in [4.69, 9.17) is 10.8 Å². The van der Waals surface area contributed by atoms with E-state index < -0.39 is 5.97 Å². The molecule has 0 bridgehead atoms. The van der Waals surface area contributed by atoms with Gasteiger partial charge in [-0.15, -0.1) is 0 Å². The second-order valence-corrected chi connectivity index (χ2v) is 4.60. The van der Waals surface area contributed by atoms with Crippen molar-refractivity contribution >= 4 is 23.8 Å². The minimum Gasteiger partial charge on any atom is -0.478 e. The average Bonchev–Trinajstić information content (AvgIpc) is 2.50. The summed E-state index contributed by atoms with van der Waals surface area (Å²) in [7, 11) is 0. The Morgan fingerprint density at radius 2 is 1.82 bits per heavy atom. The average molecular weight is 297 g/mol. The summed E-state index contributed by atoms with van der Waals surface area (Å²) in [4.78, 5) is 22.8. The molecular formula is C16H15N3O3. The van der Waals surface area contributed by atoms with E-state index in [9.17, 15) is 9.59 Å². The van der Waals surface area contributed by atoms with Gasteiger partial charge in [-0.25, -0.2) is 10.2 Å². The van der Waals surface area contributed by atoms with Crippen molar-refractivity contribution in [3.8, 4) is 0 Å². The number of nitrogens with one attached hydrogen (secondary N) is 1. The molecule has 0 spiro atoms. The number of hydrazone groups is 1. The van der Waals surface area contributed by atoms with Crippen molar-refractivity contribution in [3.05, 3.63) is 65.2 Å². The number of hydrogen-bond donors (Lipinski definition) is 3. The number of carboxylic acid groups (broad SMARTS) is 1. The van der Waals surface area contributed by atoms with Gasteiger partial charge in [-0.05, 0) is 23.8 Å². The zero-order valence-corrected chi connectivity index (χ0v) is 11.7. The highest BCUT2D eigenvalue weighted by molar-refractivity contribution is 5.98. The lowest BCUT2D eigenvalue weighted by atomic mass is 10.1. The van der Waals surface area contributed by atoms with Crippen molar-refractivity contribution in [1.29, 1.82) is 0 Å². The summed E-state index contributed by atoms with van der Waals surface area (Å²) in [5.41, 5.74) is 9.92.